The van der Waals surface area contributed by atoms with Gasteiger partial charge in [-0.25, -0.2) is 18.5 Å². The summed E-state index contributed by atoms with van der Waals surface area (Å²) in [5, 5.41) is 31.6. The van der Waals surface area contributed by atoms with Crippen molar-refractivity contribution in [3.63, 3.8) is 0 Å². The van der Waals surface area contributed by atoms with E-state index in [2.05, 4.69) is 57.4 Å². The second-order valence-corrected chi connectivity index (χ2v) is 16.5. The maximum Gasteiger partial charge on any atom is 0.472 e. The number of aliphatic hydroxyl groups excluding tert-OH is 3. The van der Waals surface area contributed by atoms with Crippen LogP contribution >= 0.6 is 23.5 Å². The van der Waals surface area contributed by atoms with Crippen LogP contribution in [0.25, 0.3) is 0 Å². The Kier molecular flexibility index (Phi) is 28.2. The fraction of sp³-hybridized carbons (Fsp3) is 0.714. The zero-order valence-corrected chi connectivity index (χ0v) is 35.2. The minimum absolute atomic E-state index is 0. The predicted molar refractivity (Wildman–Crippen MR) is 220 cm³/mol. The van der Waals surface area contributed by atoms with Gasteiger partial charge in [0, 0.05) is 22.3 Å². The molecule has 58 heavy (non-hydrogen) atoms. The number of hydrogen-bond acceptors (Lipinski definition) is 15. The molecule has 23 heteroatoms. The molecular formula is C35H70NO19P3. The molecule has 0 heterocycles. The van der Waals surface area contributed by atoms with Crippen LogP contribution in [0.3, 0.4) is 0 Å². The molecule has 1 rings (SSSR count). The number of carbonyl (C=O) groups is 2. The van der Waals surface area contributed by atoms with Crippen molar-refractivity contribution in [1.29, 1.82) is 0 Å². The summed E-state index contributed by atoms with van der Waals surface area (Å²) in [6, 6.07) is 0. The zero-order chi connectivity index (χ0) is 42.9. The van der Waals surface area contributed by atoms with E-state index in [4.69, 9.17) is 18.5 Å². The number of ether oxygens (including phenoxy) is 2. The van der Waals surface area contributed by atoms with E-state index in [0.717, 1.165) is 25.7 Å². The highest BCUT2D eigenvalue weighted by molar-refractivity contribution is 7.47. The lowest BCUT2D eigenvalue weighted by atomic mass is 9.85. The number of aliphatic hydroxyl groups is 3. The lowest BCUT2D eigenvalue weighted by Crippen LogP contribution is -2.65. The first-order valence-electron chi connectivity index (χ1n) is 18.3. The standard InChI is InChI=1S/C35H53O19P3.H3N.7H2/c1-3-5-7-9-11-12-13-14-15-16-18-20-22-24-29(37)51-27(25-49-28(36)23-21-19-17-10-8-6-4-2)26-50-57(47,48)54-35-31(39)33(52-55(41,42)43)30(38)34(32(35)40)53-56(44,45)46;;;;;;;;/h27,30-35,38-40H,3,5,7,9,11-16,18,20,22,24-26H2,1-2H3,(H,47,48)(H2,41,42,43)(H2,44,45,46);1H3;7*1H/t27-,30?,31+,32?,33?,34-,35?;;;;;;;;/m1......../s1. The molecule has 0 amide bonds. The molecule has 20 nitrogen and oxygen atoms in total. The van der Waals surface area contributed by atoms with Gasteiger partial charge in [0.2, 0.25) is 0 Å². The van der Waals surface area contributed by atoms with Gasteiger partial charge >= 0.3 is 35.4 Å². The monoisotopic (exact) mass is 901 g/mol. The number of rotatable bonds is 26. The summed E-state index contributed by atoms with van der Waals surface area (Å²) in [5.41, 5.74) is 0. The van der Waals surface area contributed by atoms with Crippen molar-refractivity contribution < 1.29 is 101 Å². The molecule has 0 aromatic heterocycles. The highest BCUT2D eigenvalue weighted by atomic mass is 31.2. The molecular weight excluding hydrogens is 831 g/mol. The van der Waals surface area contributed by atoms with Gasteiger partial charge < -0.3 is 55.4 Å². The van der Waals surface area contributed by atoms with Crippen molar-refractivity contribution in [2.45, 2.75) is 146 Å². The van der Waals surface area contributed by atoms with Gasteiger partial charge in [-0.3, -0.25) is 22.9 Å². The fourth-order valence-corrected chi connectivity index (χ4v) is 7.45. The van der Waals surface area contributed by atoms with E-state index in [0.29, 0.717) is 12.8 Å². The number of unbranched alkanes of at least 4 members (excludes halogenated alkanes) is 12. The third kappa shape index (κ3) is 25.8. The maximum absolute atomic E-state index is 13.0. The van der Waals surface area contributed by atoms with E-state index in [1.54, 1.807) is 6.92 Å². The van der Waals surface area contributed by atoms with Gasteiger partial charge in [-0.15, -0.1) is 0 Å². The van der Waals surface area contributed by atoms with Gasteiger partial charge in [-0.1, -0.05) is 89.9 Å². The molecule has 0 spiro atoms. The van der Waals surface area contributed by atoms with Crippen LogP contribution in [0.15, 0.2) is 0 Å². The molecule has 5 unspecified atom stereocenters. The largest absolute Gasteiger partial charge is 0.472 e. The van der Waals surface area contributed by atoms with Crippen LogP contribution in [-0.2, 0) is 50.9 Å². The molecule has 0 radical (unpaired) electrons. The van der Waals surface area contributed by atoms with Crippen molar-refractivity contribution >= 4 is 35.4 Å². The molecule has 0 aromatic rings. The number of esters is 2. The van der Waals surface area contributed by atoms with Crippen molar-refractivity contribution in [3.05, 3.63) is 0 Å². The molecule has 11 N–H and O–H groups in total. The van der Waals surface area contributed by atoms with Crippen molar-refractivity contribution in [3.8, 4) is 47.4 Å². The summed E-state index contributed by atoms with van der Waals surface area (Å²) in [4.78, 5) is 72.1. The minimum Gasteiger partial charge on any atom is -0.456 e. The number of hydrogen-bond donors (Lipinski definition) is 9. The van der Waals surface area contributed by atoms with Crippen LogP contribution in [-0.4, -0.2) is 108 Å². The maximum atomic E-state index is 13.0. The molecule has 1 saturated carbocycles. The summed E-state index contributed by atoms with van der Waals surface area (Å²) in [7, 11) is -16.7. The Morgan fingerprint density at radius 2 is 1.03 bits per heavy atom. The molecule has 0 aromatic carbocycles. The molecule has 344 valence electrons. The Morgan fingerprint density at radius 1 is 0.621 bits per heavy atom. The highest BCUT2D eigenvalue weighted by Crippen LogP contribution is 2.51. The second kappa shape index (κ2) is 29.6. The Labute approximate surface area is 349 Å². The third-order valence-corrected chi connectivity index (χ3v) is 10.0. The number of carbonyl (C=O) groups excluding carboxylic acids is 2. The van der Waals surface area contributed by atoms with E-state index in [1.165, 1.54) is 44.9 Å². The normalized spacial score (nSPS) is 21.7. The minimum atomic E-state index is -5.57. The molecule has 1 fully saturated rings. The van der Waals surface area contributed by atoms with Crippen LogP contribution in [0.4, 0.5) is 0 Å². The lowest BCUT2D eigenvalue weighted by Gasteiger charge is -2.44. The quantitative estimate of drug-likeness (QED) is 0.0191. The van der Waals surface area contributed by atoms with Gasteiger partial charge in [0.05, 0.1) is 6.61 Å². The predicted octanol–water partition coefficient (Wildman–Crippen LogP) is 4.39. The van der Waals surface area contributed by atoms with Crippen LogP contribution in [0.1, 0.15) is 114 Å². The third-order valence-electron chi connectivity index (χ3n) is 8.00. The summed E-state index contributed by atoms with van der Waals surface area (Å²) in [6.45, 7) is 1.96. The Balaban J connectivity index is -0.000000677. The smallest absolute Gasteiger partial charge is 0.456 e. The van der Waals surface area contributed by atoms with Gasteiger partial charge in [0.1, 0.15) is 43.2 Å². The summed E-state index contributed by atoms with van der Waals surface area (Å²) in [5.74, 6) is 16.6. The molecule has 1 aliphatic carbocycles. The first kappa shape index (κ1) is 55.4. The topological polar surface area (TPSA) is 338 Å². The first-order chi connectivity index (χ1) is 26.8. The average Bonchev–Trinajstić information content (AvgIpc) is 3.12. The molecule has 1 aliphatic rings. The molecule has 0 bridgehead atoms. The van der Waals surface area contributed by atoms with E-state index < -0.39 is 91.3 Å². The Hall–Kier alpha value is -2.65. The highest BCUT2D eigenvalue weighted by Gasteiger charge is 2.56. The van der Waals surface area contributed by atoms with Crippen molar-refractivity contribution in [1.82, 2.24) is 6.15 Å². The lowest BCUT2D eigenvalue weighted by molar-refractivity contribution is -0.213. The van der Waals surface area contributed by atoms with E-state index in [1.807, 2.05) is 5.92 Å². The van der Waals surface area contributed by atoms with Crippen LogP contribution < -0.4 is 6.15 Å². The summed E-state index contributed by atoms with van der Waals surface area (Å²) in [6.07, 6.45) is -2.85. The van der Waals surface area contributed by atoms with Gasteiger partial charge in [-0.05, 0) is 48.9 Å². The zero-order valence-electron chi connectivity index (χ0n) is 32.5. The second-order valence-electron chi connectivity index (χ2n) is 12.8. The molecule has 0 saturated heterocycles. The van der Waals surface area contributed by atoms with Gasteiger partial charge in [-0.2, -0.15) is 0 Å². The van der Waals surface area contributed by atoms with E-state index in [-0.39, 0.29) is 22.6 Å². The summed E-state index contributed by atoms with van der Waals surface area (Å²) >= 11 is 0. The van der Waals surface area contributed by atoms with Crippen molar-refractivity contribution in [2.24, 2.45) is 0 Å². The average molecular weight is 902 g/mol. The van der Waals surface area contributed by atoms with E-state index >= 15 is 0 Å². The Bertz CT molecular complexity index is 1650. The van der Waals surface area contributed by atoms with Gasteiger partial charge in [0.15, 0.2) is 6.10 Å². The van der Waals surface area contributed by atoms with E-state index in [9.17, 15) is 63.1 Å². The van der Waals surface area contributed by atoms with Crippen LogP contribution in [0.2, 0.25) is 0 Å². The first-order valence-corrected chi connectivity index (χ1v) is 22.8. The molecule has 0 aliphatic heterocycles. The number of phosphoric acid groups is 3. The van der Waals surface area contributed by atoms with Gasteiger partial charge in [0.25, 0.3) is 0 Å². The van der Waals surface area contributed by atoms with Crippen molar-refractivity contribution in [2.75, 3.05) is 13.2 Å². The van der Waals surface area contributed by atoms with Crippen LogP contribution in [0.5, 0.6) is 0 Å². The Morgan fingerprint density at radius 3 is 1.48 bits per heavy atom. The SMILES string of the molecule is CC#CC#CC#CC#CC(=O)OC[C@H](COP(=O)(O)OC1C(O)[C@H](OP(=O)(O)O)C(O)C(OP(=O)(O)O)[C@@H]1O)OC(=O)CCCCCCCCCCCCCCC.N.[HH].[HH].[HH].[HH].[HH].[HH].[HH]. The molecule has 8 atom stereocenters. The van der Waals surface area contributed by atoms with Crippen LogP contribution in [0, 0.1) is 47.4 Å². The number of phosphoric ester groups is 3. The summed E-state index contributed by atoms with van der Waals surface area (Å²) < 4.78 is 64.3. The fourth-order valence-electron chi connectivity index (χ4n) is 5.34.